The molecule has 0 aliphatic carbocycles. The molecule has 3 aliphatic rings. The Hall–Kier alpha value is -1.20. The van der Waals surface area contributed by atoms with Gasteiger partial charge in [-0.15, -0.1) is 11.8 Å². The summed E-state index contributed by atoms with van der Waals surface area (Å²) in [7, 11) is 1.90. The Labute approximate surface area is 149 Å². The molecule has 3 heterocycles. The summed E-state index contributed by atoms with van der Waals surface area (Å²) in [6.45, 7) is 5.41. The van der Waals surface area contributed by atoms with Crippen LogP contribution in [0, 0.1) is 11.8 Å². The summed E-state index contributed by atoms with van der Waals surface area (Å²) in [6.07, 6.45) is 3.54. The van der Waals surface area contributed by atoms with Crippen LogP contribution in [0.5, 0.6) is 0 Å². The minimum Gasteiger partial charge on any atom is -0.374 e. The van der Waals surface area contributed by atoms with E-state index in [0.29, 0.717) is 17.5 Å². The fourth-order valence-corrected chi connectivity index (χ4v) is 5.42. The number of benzene rings is 1. The maximum atomic E-state index is 6.08. The molecular weight excluding hydrogens is 318 g/mol. The third-order valence-corrected chi connectivity index (χ3v) is 6.71. The Morgan fingerprint density at radius 2 is 1.92 bits per heavy atom. The molecule has 0 saturated carbocycles. The number of nitrogens with one attached hydrogen (secondary N) is 1. The summed E-state index contributed by atoms with van der Waals surface area (Å²) >= 11 is 1.91. The highest BCUT2D eigenvalue weighted by atomic mass is 32.2. The van der Waals surface area contributed by atoms with Crippen LogP contribution >= 0.6 is 11.8 Å². The van der Waals surface area contributed by atoms with Gasteiger partial charge in [0.2, 0.25) is 0 Å². The Balaban J connectivity index is 1.29. The topological polar surface area (TPSA) is 36.9 Å². The fraction of sp³-hybridized carbons (Fsp3) is 0.632. The summed E-state index contributed by atoms with van der Waals surface area (Å²) in [4.78, 5) is 8.30. The maximum absolute atomic E-state index is 6.08. The molecule has 0 radical (unpaired) electrons. The first-order valence-electron chi connectivity index (χ1n) is 9.07. The zero-order valence-electron chi connectivity index (χ0n) is 14.5. The van der Waals surface area contributed by atoms with E-state index in [-0.39, 0.29) is 0 Å². The molecule has 3 aliphatic heterocycles. The number of hydrogen-bond donors (Lipinski definition) is 1. The van der Waals surface area contributed by atoms with Gasteiger partial charge in [0.1, 0.15) is 0 Å². The quantitative estimate of drug-likeness (QED) is 0.517. The molecule has 24 heavy (non-hydrogen) atoms. The zero-order chi connectivity index (χ0) is 16.5. The smallest absolute Gasteiger partial charge is 0.193 e. The van der Waals surface area contributed by atoms with Crippen LogP contribution < -0.4 is 5.32 Å². The molecule has 2 bridgehead atoms. The van der Waals surface area contributed by atoms with Gasteiger partial charge in [-0.25, -0.2) is 0 Å². The molecule has 1 aromatic rings. The van der Waals surface area contributed by atoms with Gasteiger partial charge in [-0.3, -0.25) is 4.99 Å². The van der Waals surface area contributed by atoms with Gasteiger partial charge in [0.25, 0.3) is 0 Å². The van der Waals surface area contributed by atoms with E-state index in [1.807, 2.05) is 18.8 Å². The second-order valence-corrected chi connectivity index (χ2v) is 8.70. The van der Waals surface area contributed by atoms with E-state index in [0.717, 1.165) is 37.4 Å². The second-order valence-electron chi connectivity index (χ2n) is 7.19. The third kappa shape index (κ3) is 3.16. The van der Waals surface area contributed by atoms with Crippen LogP contribution in [0.15, 0.2) is 40.2 Å². The Kier molecular flexibility index (Phi) is 4.72. The first-order chi connectivity index (χ1) is 11.7. The number of rotatable bonds is 4. The van der Waals surface area contributed by atoms with Gasteiger partial charge in [-0.05, 0) is 25.0 Å². The van der Waals surface area contributed by atoms with Crippen molar-refractivity contribution in [2.24, 2.45) is 16.8 Å². The number of ether oxygens (including phenoxy) is 1. The minimum absolute atomic E-state index is 0.505. The molecule has 5 atom stereocenters. The Morgan fingerprint density at radius 1 is 1.25 bits per heavy atom. The Bertz CT molecular complexity index is 576. The third-order valence-electron chi connectivity index (χ3n) is 5.59. The van der Waals surface area contributed by atoms with Gasteiger partial charge in [0.15, 0.2) is 5.96 Å². The van der Waals surface area contributed by atoms with Crippen LogP contribution in [0.4, 0.5) is 0 Å². The monoisotopic (exact) mass is 345 g/mol. The van der Waals surface area contributed by atoms with E-state index in [1.54, 1.807) is 0 Å². The fourth-order valence-electron chi connectivity index (χ4n) is 4.47. The molecule has 3 fully saturated rings. The van der Waals surface area contributed by atoms with Crippen LogP contribution in [0.25, 0.3) is 0 Å². The summed E-state index contributed by atoms with van der Waals surface area (Å²) in [6, 6.07) is 10.6. The van der Waals surface area contributed by atoms with E-state index < -0.39 is 0 Å². The van der Waals surface area contributed by atoms with E-state index in [2.05, 4.69) is 52.5 Å². The van der Waals surface area contributed by atoms with Crippen LogP contribution in [0.2, 0.25) is 0 Å². The van der Waals surface area contributed by atoms with Crippen molar-refractivity contribution in [3.8, 4) is 0 Å². The van der Waals surface area contributed by atoms with Gasteiger partial charge in [-0.2, -0.15) is 0 Å². The highest BCUT2D eigenvalue weighted by molar-refractivity contribution is 8.00. The number of guanidine groups is 1. The van der Waals surface area contributed by atoms with Gasteiger partial charge >= 0.3 is 0 Å². The van der Waals surface area contributed by atoms with E-state index >= 15 is 0 Å². The lowest BCUT2D eigenvalue weighted by molar-refractivity contribution is 0.0767. The summed E-state index contributed by atoms with van der Waals surface area (Å²) < 4.78 is 6.08. The maximum Gasteiger partial charge on any atom is 0.193 e. The van der Waals surface area contributed by atoms with Crippen molar-refractivity contribution in [3.63, 3.8) is 0 Å². The number of thioether (sulfide) groups is 1. The molecule has 4 rings (SSSR count). The number of fused-ring (bicyclic) bond motifs is 5. The molecule has 5 heteroatoms. The van der Waals surface area contributed by atoms with Crippen LogP contribution in [-0.4, -0.2) is 55.0 Å². The Morgan fingerprint density at radius 3 is 2.54 bits per heavy atom. The van der Waals surface area contributed by atoms with Crippen molar-refractivity contribution in [2.45, 2.75) is 42.1 Å². The van der Waals surface area contributed by atoms with Gasteiger partial charge in [0.05, 0.1) is 12.2 Å². The SMILES string of the molecule is CN=C(NCC(C)Sc1ccccc1)N1CC2C3CCC(O3)C2C1. The van der Waals surface area contributed by atoms with E-state index in [9.17, 15) is 0 Å². The second kappa shape index (κ2) is 6.96. The molecule has 3 saturated heterocycles. The largest absolute Gasteiger partial charge is 0.374 e. The van der Waals surface area contributed by atoms with Gasteiger partial charge < -0.3 is 15.0 Å². The van der Waals surface area contributed by atoms with Crippen LogP contribution in [-0.2, 0) is 4.74 Å². The predicted octanol–water partition coefficient (Wildman–Crippen LogP) is 2.85. The first-order valence-corrected chi connectivity index (χ1v) is 9.95. The average molecular weight is 346 g/mol. The summed E-state index contributed by atoms with van der Waals surface area (Å²) in [5.41, 5.74) is 0. The molecule has 5 unspecified atom stereocenters. The average Bonchev–Trinajstić information content (AvgIpc) is 3.29. The normalized spacial score (nSPS) is 32.9. The number of hydrogen-bond acceptors (Lipinski definition) is 3. The lowest BCUT2D eigenvalue weighted by Crippen LogP contribution is -2.43. The molecule has 0 amide bonds. The number of likely N-dealkylation sites (tertiary alicyclic amines) is 1. The van der Waals surface area contributed by atoms with Crippen LogP contribution in [0.3, 0.4) is 0 Å². The van der Waals surface area contributed by atoms with Crippen molar-refractivity contribution in [3.05, 3.63) is 30.3 Å². The lowest BCUT2D eigenvalue weighted by Gasteiger charge is -2.24. The summed E-state index contributed by atoms with van der Waals surface area (Å²) in [5.74, 6) is 2.50. The zero-order valence-corrected chi connectivity index (χ0v) is 15.3. The van der Waals surface area contributed by atoms with Crippen molar-refractivity contribution in [2.75, 3.05) is 26.7 Å². The van der Waals surface area contributed by atoms with Crippen molar-refractivity contribution >= 4 is 17.7 Å². The molecule has 1 N–H and O–H groups in total. The number of aliphatic imine (C=N–C) groups is 1. The number of nitrogens with zero attached hydrogens (tertiary/aromatic N) is 2. The highest BCUT2D eigenvalue weighted by Crippen LogP contribution is 2.47. The molecule has 0 spiro atoms. The van der Waals surface area contributed by atoms with Gasteiger partial charge in [0, 0.05) is 48.7 Å². The first kappa shape index (κ1) is 16.3. The predicted molar refractivity (Wildman–Crippen MR) is 99.6 cm³/mol. The standard InChI is InChI=1S/C19H27N3OS/c1-13(24-14-6-4-3-5-7-14)10-21-19(20-2)22-11-15-16(12-22)18-9-8-17(15)23-18/h3-7,13,15-18H,8-12H2,1-2H3,(H,20,21). The molecule has 1 aromatic carbocycles. The minimum atomic E-state index is 0.505. The highest BCUT2D eigenvalue weighted by Gasteiger charge is 2.53. The van der Waals surface area contributed by atoms with Crippen molar-refractivity contribution in [1.29, 1.82) is 0 Å². The van der Waals surface area contributed by atoms with Crippen molar-refractivity contribution < 1.29 is 4.74 Å². The lowest BCUT2D eigenvalue weighted by atomic mass is 9.82. The van der Waals surface area contributed by atoms with E-state index in [1.165, 1.54) is 17.7 Å². The van der Waals surface area contributed by atoms with Crippen molar-refractivity contribution in [1.82, 2.24) is 10.2 Å². The molecule has 0 aromatic heterocycles. The summed E-state index contributed by atoms with van der Waals surface area (Å²) in [5, 5.41) is 4.09. The molecule has 4 nitrogen and oxygen atoms in total. The van der Waals surface area contributed by atoms with Crippen LogP contribution in [0.1, 0.15) is 19.8 Å². The molecule has 130 valence electrons. The van der Waals surface area contributed by atoms with E-state index in [4.69, 9.17) is 4.74 Å². The van der Waals surface area contributed by atoms with Gasteiger partial charge in [-0.1, -0.05) is 25.1 Å². The molecular formula is C19H27N3OS.